The van der Waals surface area contributed by atoms with Crippen LogP contribution >= 0.6 is 11.3 Å². The van der Waals surface area contributed by atoms with Crippen molar-refractivity contribution in [2.24, 2.45) is 0 Å². The Morgan fingerprint density at radius 2 is 1.85 bits per heavy atom. The maximum atomic E-state index is 13.1. The molecule has 0 saturated heterocycles. The first-order chi connectivity index (χ1) is 16.0. The number of thiophene rings is 1. The lowest BCUT2D eigenvalue weighted by Gasteiger charge is -2.08. The Bertz CT molecular complexity index is 1590. The molecule has 2 aromatic carbocycles. The zero-order chi connectivity index (χ0) is 22.9. The van der Waals surface area contributed by atoms with E-state index >= 15 is 0 Å². The highest BCUT2D eigenvalue weighted by molar-refractivity contribution is 7.25. The molecule has 8 heteroatoms. The standard InChI is InChI=1S/C25H18N4O3S/c1-15(30)17-8-5-9-18(12-17)27-21(31)13-29-14-26-22-19-10-11-20(16-6-3-2-4-7-16)28-24(19)33-23(22)25(29)32/h2-12,14H,13H2,1H3,(H,27,31). The summed E-state index contributed by atoms with van der Waals surface area (Å²) in [4.78, 5) is 47.0. The quantitative estimate of drug-likeness (QED) is 0.394. The number of nitrogens with one attached hydrogen (secondary N) is 1. The molecule has 0 aliphatic carbocycles. The van der Waals surface area contributed by atoms with Crippen molar-refractivity contribution >= 4 is 49.1 Å². The predicted octanol–water partition coefficient (Wildman–Crippen LogP) is 4.51. The molecule has 3 heterocycles. The normalized spacial score (nSPS) is 11.1. The molecular weight excluding hydrogens is 436 g/mol. The van der Waals surface area contributed by atoms with Crippen molar-refractivity contribution in [3.8, 4) is 11.3 Å². The number of ketones is 1. The second-order valence-electron chi connectivity index (χ2n) is 7.56. The Balaban J connectivity index is 1.44. The molecule has 1 N–H and O–H groups in total. The van der Waals surface area contributed by atoms with Crippen molar-refractivity contribution in [2.75, 3.05) is 5.32 Å². The molecule has 3 aromatic heterocycles. The lowest BCUT2D eigenvalue weighted by molar-refractivity contribution is -0.116. The number of Topliss-reactive ketones (excluding diaryl/α,β-unsaturated/α-hetero) is 1. The number of hydrogen-bond donors (Lipinski definition) is 1. The summed E-state index contributed by atoms with van der Waals surface area (Å²) in [6.45, 7) is 1.27. The van der Waals surface area contributed by atoms with E-state index in [2.05, 4.69) is 10.3 Å². The van der Waals surface area contributed by atoms with E-state index in [1.807, 2.05) is 42.5 Å². The number of hydrogen-bond acceptors (Lipinski definition) is 6. The number of rotatable bonds is 5. The number of amides is 1. The second kappa shape index (κ2) is 8.40. The van der Waals surface area contributed by atoms with Gasteiger partial charge in [-0.25, -0.2) is 9.97 Å². The molecule has 0 radical (unpaired) electrons. The highest BCUT2D eigenvalue weighted by Gasteiger charge is 2.15. The highest BCUT2D eigenvalue weighted by atomic mass is 32.1. The van der Waals surface area contributed by atoms with Crippen LogP contribution in [0.4, 0.5) is 5.69 Å². The highest BCUT2D eigenvalue weighted by Crippen LogP contribution is 2.31. The van der Waals surface area contributed by atoms with E-state index in [1.54, 1.807) is 24.3 Å². The van der Waals surface area contributed by atoms with E-state index in [9.17, 15) is 14.4 Å². The molecule has 162 valence electrons. The number of carbonyl (C=O) groups is 2. The van der Waals surface area contributed by atoms with Crippen LogP contribution in [0.2, 0.25) is 0 Å². The Morgan fingerprint density at radius 3 is 2.64 bits per heavy atom. The van der Waals surface area contributed by atoms with E-state index in [4.69, 9.17) is 4.98 Å². The van der Waals surface area contributed by atoms with Gasteiger partial charge >= 0.3 is 0 Å². The Morgan fingerprint density at radius 1 is 1.03 bits per heavy atom. The third kappa shape index (κ3) is 4.04. The Labute approximate surface area is 192 Å². The number of fused-ring (bicyclic) bond motifs is 3. The van der Waals surface area contributed by atoms with Gasteiger partial charge in [-0.05, 0) is 31.2 Å². The third-order valence-electron chi connectivity index (χ3n) is 5.25. The molecule has 0 bridgehead atoms. The van der Waals surface area contributed by atoms with Crippen molar-refractivity contribution in [3.63, 3.8) is 0 Å². The van der Waals surface area contributed by atoms with Crippen LogP contribution in [0.5, 0.6) is 0 Å². The van der Waals surface area contributed by atoms with Crippen LogP contribution in [-0.2, 0) is 11.3 Å². The first-order valence-corrected chi connectivity index (χ1v) is 11.1. The van der Waals surface area contributed by atoms with Gasteiger partial charge in [-0.15, -0.1) is 11.3 Å². The Kier molecular flexibility index (Phi) is 5.27. The number of carbonyl (C=O) groups excluding carboxylic acids is 2. The van der Waals surface area contributed by atoms with Crippen molar-refractivity contribution in [2.45, 2.75) is 13.5 Å². The van der Waals surface area contributed by atoms with E-state index in [-0.39, 0.29) is 23.8 Å². The average Bonchev–Trinajstić information content (AvgIpc) is 3.20. The zero-order valence-electron chi connectivity index (χ0n) is 17.6. The minimum Gasteiger partial charge on any atom is -0.325 e. The van der Waals surface area contributed by atoms with Gasteiger partial charge < -0.3 is 5.32 Å². The summed E-state index contributed by atoms with van der Waals surface area (Å²) >= 11 is 1.27. The molecule has 7 nitrogen and oxygen atoms in total. The lowest BCUT2D eigenvalue weighted by Crippen LogP contribution is -2.27. The zero-order valence-corrected chi connectivity index (χ0v) is 18.4. The smallest absolute Gasteiger partial charge is 0.271 e. The van der Waals surface area contributed by atoms with E-state index < -0.39 is 0 Å². The second-order valence-corrected chi connectivity index (χ2v) is 8.56. The molecule has 5 rings (SSSR count). The van der Waals surface area contributed by atoms with Crippen LogP contribution in [0.15, 0.2) is 77.9 Å². The summed E-state index contributed by atoms with van der Waals surface area (Å²) < 4.78 is 1.73. The van der Waals surface area contributed by atoms with Crippen LogP contribution in [-0.4, -0.2) is 26.2 Å². The first kappa shape index (κ1) is 20.7. The fourth-order valence-electron chi connectivity index (χ4n) is 3.60. The van der Waals surface area contributed by atoms with E-state index in [0.717, 1.165) is 21.5 Å². The van der Waals surface area contributed by atoms with Crippen molar-refractivity contribution in [1.82, 2.24) is 14.5 Å². The number of benzene rings is 2. The molecule has 5 aromatic rings. The van der Waals surface area contributed by atoms with E-state index in [0.29, 0.717) is 21.5 Å². The maximum Gasteiger partial charge on any atom is 0.271 e. The fourth-order valence-corrected chi connectivity index (χ4v) is 4.68. The number of anilines is 1. The molecule has 0 atom stereocenters. The number of pyridine rings is 1. The van der Waals surface area contributed by atoms with Gasteiger partial charge in [0.15, 0.2) is 5.78 Å². The summed E-state index contributed by atoms with van der Waals surface area (Å²) in [5.74, 6) is -0.477. The Hall–Kier alpha value is -4.17. The molecule has 0 spiro atoms. The van der Waals surface area contributed by atoms with Gasteiger partial charge in [0, 0.05) is 22.2 Å². The van der Waals surface area contributed by atoms with Crippen LogP contribution < -0.4 is 10.9 Å². The molecule has 0 fully saturated rings. The summed E-state index contributed by atoms with van der Waals surface area (Å²) in [7, 11) is 0. The minimum atomic E-state index is -0.385. The van der Waals surface area contributed by atoms with Crippen molar-refractivity contribution in [1.29, 1.82) is 0 Å². The molecular formula is C25H18N4O3S. The molecule has 0 unspecified atom stereocenters. The van der Waals surface area contributed by atoms with Crippen molar-refractivity contribution < 1.29 is 9.59 Å². The van der Waals surface area contributed by atoms with Crippen LogP contribution in [0.25, 0.3) is 31.7 Å². The predicted molar refractivity (Wildman–Crippen MR) is 130 cm³/mol. The molecule has 1 amide bonds. The average molecular weight is 455 g/mol. The SMILES string of the molecule is CC(=O)c1cccc(NC(=O)Cn2cnc3c(sc4nc(-c5ccccc5)ccc43)c2=O)c1. The van der Waals surface area contributed by atoms with Gasteiger partial charge in [-0.2, -0.15) is 0 Å². The van der Waals surface area contributed by atoms with E-state index in [1.165, 1.54) is 29.2 Å². The first-order valence-electron chi connectivity index (χ1n) is 10.2. The molecule has 0 aliphatic rings. The van der Waals surface area contributed by atoms with Crippen LogP contribution in [0.3, 0.4) is 0 Å². The number of aromatic nitrogens is 3. The van der Waals surface area contributed by atoms with Gasteiger partial charge in [0.05, 0.1) is 17.5 Å². The lowest BCUT2D eigenvalue weighted by atomic mass is 10.1. The maximum absolute atomic E-state index is 13.1. The van der Waals surface area contributed by atoms with Gasteiger partial charge in [-0.3, -0.25) is 19.0 Å². The molecule has 0 saturated carbocycles. The summed E-state index contributed by atoms with van der Waals surface area (Å²) in [6.07, 6.45) is 1.38. The van der Waals surface area contributed by atoms with Crippen LogP contribution in [0, 0.1) is 0 Å². The van der Waals surface area contributed by atoms with Gasteiger partial charge in [0.1, 0.15) is 16.1 Å². The monoisotopic (exact) mass is 454 g/mol. The fraction of sp³-hybridized carbons (Fsp3) is 0.0800. The molecule has 33 heavy (non-hydrogen) atoms. The van der Waals surface area contributed by atoms with Gasteiger partial charge in [-0.1, -0.05) is 42.5 Å². The topological polar surface area (TPSA) is 93.9 Å². The van der Waals surface area contributed by atoms with Crippen LogP contribution in [0.1, 0.15) is 17.3 Å². The van der Waals surface area contributed by atoms with Crippen molar-refractivity contribution in [3.05, 3.63) is 89.0 Å². The summed E-state index contributed by atoms with van der Waals surface area (Å²) in [5.41, 5.74) is 3.10. The summed E-state index contributed by atoms with van der Waals surface area (Å²) in [5, 5.41) is 3.54. The van der Waals surface area contributed by atoms with Gasteiger partial charge in [0.2, 0.25) is 5.91 Å². The number of nitrogens with zero attached hydrogens (tertiary/aromatic N) is 3. The third-order valence-corrected chi connectivity index (χ3v) is 6.32. The largest absolute Gasteiger partial charge is 0.325 e. The van der Waals surface area contributed by atoms with Gasteiger partial charge in [0.25, 0.3) is 5.56 Å². The minimum absolute atomic E-state index is 0.0919. The summed E-state index contributed by atoms with van der Waals surface area (Å²) in [6, 6.07) is 20.3. The molecule has 0 aliphatic heterocycles.